The quantitative estimate of drug-likeness (QED) is 0.612. The van der Waals surface area contributed by atoms with Crippen LogP contribution in [0.5, 0.6) is 0 Å². The van der Waals surface area contributed by atoms with E-state index >= 15 is 0 Å². The van der Waals surface area contributed by atoms with E-state index in [1.807, 2.05) is 24.3 Å². The zero-order valence-electron chi connectivity index (χ0n) is 11.8. The van der Waals surface area contributed by atoms with E-state index in [4.69, 9.17) is 0 Å². The molecule has 0 saturated carbocycles. The normalized spacial score (nSPS) is 12.2. The molecule has 0 saturated heterocycles. The molecule has 1 rings (SSSR count). The van der Waals surface area contributed by atoms with E-state index in [0.29, 0.717) is 6.54 Å². The van der Waals surface area contributed by atoms with Crippen molar-refractivity contribution in [1.82, 2.24) is 4.90 Å². The molecule has 0 radical (unpaired) electrons. The Bertz CT molecular complexity index is 514. The summed E-state index contributed by atoms with van der Waals surface area (Å²) in [4.78, 5) is 24.7. The number of amides is 1. The molecule has 0 aliphatic carbocycles. The van der Waals surface area contributed by atoms with Gasteiger partial charge in [-0.05, 0) is 23.8 Å². The van der Waals surface area contributed by atoms with Crippen molar-refractivity contribution in [3.05, 3.63) is 40.4 Å². The number of nitrogens with zero attached hydrogens (tertiary/aromatic N) is 1. The Morgan fingerprint density at radius 3 is 2.75 bits per heavy atom. The van der Waals surface area contributed by atoms with Crippen molar-refractivity contribution >= 4 is 33.9 Å². The summed E-state index contributed by atoms with van der Waals surface area (Å²) < 4.78 is 5.59. The van der Waals surface area contributed by atoms with Gasteiger partial charge >= 0.3 is 5.97 Å². The number of rotatable bonds is 5. The van der Waals surface area contributed by atoms with Gasteiger partial charge in [0.15, 0.2) is 0 Å². The molecule has 1 amide bonds. The maximum atomic E-state index is 11.9. The van der Waals surface area contributed by atoms with Gasteiger partial charge < -0.3 is 9.64 Å². The van der Waals surface area contributed by atoms with Crippen LogP contribution < -0.4 is 0 Å². The summed E-state index contributed by atoms with van der Waals surface area (Å²) in [6.45, 7) is 2.06. The van der Waals surface area contributed by atoms with Crippen molar-refractivity contribution in [2.45, 2.75) is 6.92 Å². The first-order chi connectivity index (χ1) is 9.43. The smallest absolute Gasteiger partial charge is 0.310 e. The Kier molecular flexibility index (Phi) is 6.45. The third-order valence-electron chi connectivity index (χ3n) is 2.79. The first kappa shape index (κ1) is 16.4. The number of carbonyl (C=O) groups excluding carboxylic acids is 2. The summed E-state index contributed by atoms with van der Waals surface area (Å²) in [7, 11) is 3.00. The molecule has 0 aromatic heterocycles. The minimum Gasteiger partial charge on any atom is -0.469 e. The van der Waals surface area contributed by atoms with Gasteiger partial charge in [-0.3, -0.25) is 9.59 Å². The number of likely N-dealkylation sites (N-methyl/N-ethyl adjacent to an activating group) is 1. The van der Waals surface area contributed by atoms with Crippen molar-refractivity contribution in [3.63, 3.8) is 0 Å². The summed E-state index contributed by atoms with van der Waals surface area (Å²) in [6.07, 6.45) is 3.23. The first-order valence-corrected chi connectivity index (χ1v) is 7.00. The molecule has 1 aromatic rings. The Hall–Kier alpha value is -1.62. The fourth-order valence-electron chi connectivity index (χ4n) is 1.68. The molecule has 5 heteroatoms. The van der Waals surface area contributed by atoms with Crippen LogP contribution in [0.3, 0.4) is 0 Å². The van der Waals surface area contributed by atoms with Crippen molar-refractivity contribution in [3.8, 4) is 0 Å². The van der Waals surface area contributed by atoms with Gasteiger partial charge in [0.25, 0.3) is 0 Å². The lowest BCUT2D eigenvalue weighted by atomic mass is 10.1. The standard InChI is InChI=1S/C15H18BrNO3/c1-11(15(19)20-3)10-17(2)14(18)8-7-12-5-4-6-13(16)9-12/h4-9,11H,10H2,1-3H3. The van der Waals surface area contributed by atoms with E-state index < -0.39 is 0 Å². The zero-order valence-corrected chi connectivity index (χ0v) is 13.4. The molecular formula is C15H18BrNO3. The first-order valence-electron chi connectivity index (χ1n) is 6.20. The number of carbonyl (C=O) groups is 2. The SMILES string of the molecule is COC(=O)C(C)CN(C)C(=O)C=Cc1cccc(Br)c1. The Balaban J connectivity index is 2.59. The Morgan fingerprint density at radius 1 is 1.45 bits per heavy atom. The Morgan fingerprint density at radius 2 is 2.15 bits per heavy atom. The van der Waals surface area contributed by atoms with Crippen LogP contribution in [0.15, 0.2) is 34.8 Å². The summed E-state index contributed by atoms with van der Waals surface area (Å²) in [5.41, 5.74) is 0.933. The van der Waals surface area contributed by atoms with E-state index in [9.17, 15) is 9.59 Å². The number of ether oxygens (including phenoxy) is 1. The lowest BCUT2D eigenvalue weighted by Gasteiger charge is -2.18. The summed E-state index contributed by atoms with van der Waals surface area (Å²) >= 11 is 3.37. The van der Waals surface area contributed by atoms with Crippen LogP contribution in [0.2, 0.25) is 0 Å². The molecule has 1 aromatic carbocycles. The van der Waals surface area contributed by atoms with E-state index in [2.05, 4.69) is 20.7 Å². The average molecular weight is 340 g/mol. The summed E-state index contributed by atoms with van der Waals surface area (Å²) in [5.74, 6) is -0.811. The predicted molar refractivity (Wildman–Crippen MR) is 82.0 cm³/mol. The van der Waals surface area contributed by atoms with E-state index in [1.165, 1.54) is 18.1 Å². The highest BCUT2D eigenvalue weighted by atomic mass is 79.9. The topological polar surface area (TPSA) is 46.6 Å². The number of hydrogen-bond acceptors (Lipinski definition) is 3. The van der Waals surface area contributed by atoms with E-state index in [0.717, 1.165) is 10.0 Å². The van der Waals surface area contributed by atoms with Crippen LogP contribution in [0.1, 0.15) is 12.5 Å². The van der Waals surface area contributed by atoms with Gasteiger partial charge in [-0.2, -0.15) is 0 Å². The second-order valence-electron chi connectivity index (χ2n) is 4.53. The van der Waals surface area contributed by atoms with E-state index in [1.54, 1.807) is 20.0 Å². The molecular weight excluding hydrogens is 322 g/mol. The zero-order chi connectivity index (χ0) is 15.1. The predicted octanol–water partition coefficient (Wildman–Crippen LogP) is 2.73. The van der Waals surface area contributed by atoms with Crippen molar-refractivity contribution in [2.24, 2.45) is 5.92 Å². The van der Waals surface area contributed by atoms with Crippen LogP contribution in [0.25, 0.3) is 6.08 Å². The number of hydrogen-bond donors (Lipinski definition) is 0. The maximum absolute atomic E-state index is 11.9. The number of methoxy groups -OCH3 is 1. The van der Waals surface area contributed by atoms with Gasteiger partial charge in [0.2, 0.25) is 5.91 Å². The van der Waals surface area contributed by atoms with Gasteiger partial charge in [-0.15, -0.1) is 0 Å². The second kappa shape index (κ2) is 7.85. The van der Waals surface area contributed by atoms with Crippen LogP contribution in [0, 0.1) is 5.92 Å². The lowest BCUT2D eigenvalue weighted by molar-refractivity contribution is -0.145. The fourth-order valence-corrected chi connectivity index (χ4v) is 2.10. The molecule has 0 N–H and O–H groups in total. The lowest BCUT2D eigenvalue weighted by Crippen LogP contribution is -2.33. The average Bonchev–Trinajstić information content (AvgIpc) is 2.43. The van der Waals surface area contributed by atoms with Crippen LogP contribution in [-0.4, -0.2) is 37.5 Å². The van der Waals surface area contributed by atoms with Crippen molar-refractivity contribution < 1.29 is 14.3 Å². The van der Waals surface area contributed by atoms with Crippen molar-refractivity contribution in [1.29, 1.82) is 0 Å². The minimum absolute atomic E-state index is 0.152. The molecule has 0 aliphatic rings. The van der Waals surface area contributed by atoms with Gasteiger partial charge in [0, 0.05) is 24.1 Å². The third-order valence-corrected chi connectivity index (χ3v) is 3.29. The Labute approximate surface area is 127 Å². The minimum atomic E-state index is -0.340. The molecule has 0 spiro atoms. The molecule has 108 valence electrons. The number of benzene rings is 1. The van der Waals surface area contributed by atoms with Crippen LogP contribution in [0.4, 0.5) is 0 Å². The largest absolute Gasteiger partial charge is 0.469 e. The fraction of sp³-hybridized carbons (Fsp3) is 0.333. The molecule has 0 aliphatic heterocycles. The second-order valence-corrected chi connectivity index (χ2v) is 5.45. The van der Waals surface area contributed by atoms with Gasteiger partial charge in [0.05, 0.1) is 13.0 Å². The van der Waals surface area contributed by atoms with Crippen LogP contribution >= 0.6 is 15.9 Å². The molecule has 1 unspecified atom stereocenters. The van der Waals surface area contributed by atoms with Crippen molar-refractivity contribution in [2.75, 3.05) is 20.7 Å². The highest BCUT2D eigenvalue weighted by molar-refractivity contribution is 9.10. The molecule has 0 bridgehead atoms. The summed E-state index contributed by atoms with van der Waals surface area (Å²) in [6, 6.07) is 7.65. The number of halogens is 1. The van der Waals surface area contributed by atoms with Gasteiger partial charge in [-0.25, -0.2) is 0 Å². The molecule has 1 atom stereocenters. The molecule has 0 heterocycles. The highest BCUT2D eigenvalue weighted by Gasteiger charge is 2.17. The summed E-state index contributed by atoms with van der Waals surface area (Å²) in [5, 5.41) is 0. The van der Waals surface area contributed by atoms with Gasteiger partial charge in [0.1, 0.15) is 0 Å². The maximum Gasteiger partial charge on any atom is 0.310 e. The van der Waals surface area contributed by atoms with E-state index in [-0.39, 0.29) is 17.8 Å². The van der Waals surface area contributed by atoms with Gasteiger partial charge in [-0.1, -0.05) is 35.0 Å². The monoisotopic (exact) mass is 339 g/mol. The molecule has 4 nitrogen and oxygen atoms in total. The third kappa shape index (κ3) is 5.17. The highest BCUT2D eigenvalue weighted by Crippen LogP contribution is 2.13. The molecule has 20 heavy (non-hydrogen) atoms. The molecule has 0 fully saturated rings. The van der Waals surface area contributed by atoms with Crippen LogP contribution in [-0.2, 0) is 14.3 Å². The number of esters is 1.